The zero-order chi connectivity index (χ0) is 23.4. The monoisotopic (exact) mass is 445 g/mol. The van der Waals surface area contributed by atoms with E-state index in [0.717, 1.165) is 69.8 Å². The molecule has 0 aromatic heterocycles. The summed E-state index contributed by atoms with van der Waals surface area (Å²) in [5, 5.41) is 3.09. The van der Waals surface area contributed by atoms with E-state index in [9.17, 15) is 4.79 Å². The highest BCUT2D eigenvalue weighted by Gasteiger charge is 2.25. The maximum absolute atomic E-state index is 12.9. The van der Waals surface area contributed by atoms with Crippen molar-refractivity contribution in [3.05, 3.63) is 58.7 Å². The van der Waals surface area contributed by atoms with Crippen LogP contribution in [0.5, 0.6) is 0 Å². The quantitative estimate of drug-likeness (QED) is 0.630. The predicted molar refractivity (Wildman–Crippen MR) is 135 cm³/mol. The van der Waals surface area contributed by atoms with Gasteiger partial charge in [-0.25, -0.2) is 0 Å². The third-order valence-corrected chi connectivity index (χ3v) is 7.07. The summed E-state index contributed by atoms with van der Waals surface area (Å²) in [5.74, 6) is 0.0856. The van der Waals surface area contributed by atoms with E-state index in [2.05, 4.69) is 63.9 Å². The van der Waals surface area contributed by atoms with Gasteiger partial charge in [0.2, 0.25) is 0 Å². The molecule has 1 N–H and O–H groups in total. The van der Waals surface area contributed by atoms with Crippen LogP contribution < -0.4 is 5.32 Å². The second kappa shape index (κ2) is 10.0. The molecule has 0 unspecified atom stereocenters. The van der Waals surface area contributed by atoms with Crippen molar-refractivity contribution in [3.63, 3.8) is 0 Å². The fraction of sp³-hybridized carbons (Fsp3) is 0.519. The maximum Gasteiger partial charge on any atom is 0.293 e. The van der Waals surface area contributed by atoms with Gasteiger partial charge in [0.25, 0.3) is 11.7 Å². The first-order valence-corrected chi connectivity index (χ1v) is 12.1. The van der Waals surface area contributed by atoms with Crippen LogP contribution in [0.2, 0.25) is 0 Å². The van der Waals surface area contributed by atoms with Crippen LogP contribution in [0.4, 0.5) is 5.69 Å². The van der Waals surface area contributed by atoms with Gasteiger partial charge in [0.15, 0.2) is 5.71 Å². The fourth-order valence-electron chi connectivity index (χ4n) is 4.73. The number of allylic oxidation sites excluding steroid dienone is 3. The molecule has 1 amide bonds. The highest BCUT2D eigenvalue weighted by atomic mass is 16.1. The number of hydrogen-bond acceptors (Lipinski definition) is 4. The van der Waals surface area contributed by atoms with E-state index in [1.54, 1.807) is 6.08 Å². The van der Waals surface area contributed by atoms with Crippen LogP contribution in [0, 0.1) is 12.0 Å². The number of nitrogens with zero attached hydrogens (tertiary/aromatic N) is 4. The molecule has 6 heteroatoms. The summed E-state index contributed by atoms with van der Waals surface area (Å²) in [4.78, 5) is 25.4. The van der Waals surface area contributed by atoms with E-state index in [1.807, 2.05) is 6.07 Å². The lowest BCUT2D eigenvalue weighted by atomic mass is 9.76. The first-order valence-electron chi connectivity index (χ1n) is 12.1. The highest BCUT2D eigenvalue weighted by Crippen LogP contribution is 2.40. The molecule has 0 saturated carbocycles. The Morgan fingerprint density at radius 3 is 2.58 bits per heavy atom. The van der Waals surface area contributed by atoms with Gasteiger partial charge in [-0.2, -0.15) is 0 Å². The van der Waals surface area contributed by atoms with E-state index in [-0.39, 0.29) is 5.91 Å². The Morgan fingerprint density at radius 2 is 1.94 bits per heavy atom. The van der Waals surface area contributed by atoms with Crippen molar-refractivity contribution in [2.45, 2.75) is 53.0 Å². The molecule has 3 aliphatic rings. The van der Waals surface area contributed by atoms with Crippen LogP contribution in [-0.2, 0) is 11.3 Å². The largest absolute Gasteiger partial charge is 0.361 e. The van der Waals surface area contributed by atoms with E-state index in [4.69, 9.17) is 6.57 Å². The molecule has 2 aliphatic heterocycles. The Labute approximate surface area is 197 Å². The number of amides is 1. The summed E-state index contributed by atoms with van der Waals surface area (Å²) in [6.07, 6.45) is 7.67. The minimum absolute atomic E-state index is 0.216. The molecule has 1 aromatic carbocycles. The van der Waals surface area contributed by atoms with Gasteiger partial charge >= 0.3 is 0 Å². The first-order chi connectivity index (χ1) is 15.9. The Hall–Kier alpha value is -2.75. The summed E-state index contributed by atoms with van der Waals surface area (Å²) >= 11 is 0. The predicted octanol–water partition coefficient (Wildman–Crippen LogP) is 4.96. The molecule has 1 saturated heterocycles. The number of nitrogens with one attached hydrogen (secondary N) is 1. The third kappa shape index (κ3) is 5.79. The molecule has 1 aliphatic carbocycles. The van der Waals surface area contributed by atoms with Gasteiger partial charge in [-0.05, 0) is 54.5 Å². The van der Waals surface area contributed by atoms with Gasteiger partial charge in [0, 0.05) is 50.4 Å². The van der Waals surface area contributed by atoms with Gasteiger partial charge in [0.1, 0.15) is 0 Å². The van der Waals surface area contributed by atoms with Crippen molar-refractivity contribution >= 4 is 22.9 Å². The number of piperazine rings is 1. The SMILES string of the molecule is [C-]#[N+]C1=CCC(C(=O)Nc2ccc(CN3CCN(CC)CC3)cc2C2=CCC(C)(C)CC2)=N1. The highest BCUT2D eigenvalue weighted by molar-refractivity contribution is 6.44. The molecule has 4 rings (SSSR count). The summed E-state index contributed by atoms with van der Waals surface area (Å²) in [7, 11) is 0. The first kappa shape index (κ1) is 23.4. The number of hydrogen-bond donors (Lipinski definition) is 1. The molecule has 0 radical (unpaired) electrons. The zero-order valence-electron chi connectivity index (χ0n) is 20.2. The average Bonchev–Trinajstić information content (AvgIpc) is 3.30. The molecule has 1 fully saturated rings. The van der Waals surface area contributed by atoms with Crippen LogP contribution >= 0.6 is 0 Å². The molecular formula is C27H35N5O. The Bertz CT molecular complexity index is 1040. The van der Waals surface area contributed by atoms with Crippen LogP contribution in [-0.4, -0.2) is 54.1 Å². The van der Waals surface area contributed by atoms with E-state index in [0.29, 0.717) is 23.4 Å². The summed E-state index contributed by atoms with van der Waals surface area (Å²) in [6.45, 7) is 20.5. The zero-order valence-corrected chi connectivity index (χ0v) is 20.2. The van der Waals surface area contributed by atoms with Crippen molar-refractivity contribution in [1.82, 2.24) is 9.80 Å². The Kier molecular flexibility index (Phi) is 7.11. The third-order valence-electron chi connectivity index (χ3n) is 7.07. The summed E-state index contributed by atoms with van der Waals surface area (Å²) in [6, 6.07) is 6.45. The molecule has 0 spiro atoms. The van der Waals surface area contributed by atoms with E-state index < -0.39 is 0 Å². The number of anilines is 1. The van der Waals surface area contributed by atoms with Gasteiger partial charge in [-0.1, -0.05) is 45.6 Å². The van der Waals surface area contributed by atoms with Crippen molar-refractivity contribution < 1.29 is 4.79 Å². The maximum atomic E-state index is 12.9. The lowest BCUT2D eigenvalue weighted by molar-refractivity contribution is -0.110. The van der Waals surface area contributed by atoms with Crippen molar-refractivity contribution in [2.75, 3.05) is 38.0 Å². The van der Waals surface area contributed by atoms with Crippen molar-refractivity contribution in [2.24, 2.45) is 10.4 Å². The number of benzene rings is 1. The number of aliphatic imine (C=N–C) groups is 1. The molecule has 1 aromatic rings. The standard InChI is InChI=1S/C27H35N5O/c1-5-31-14-16-32(17-15-31)19-20-6-7-23(30-26(33)24-8-9-25(28-4)29-24)22(18-20)21-10-12-27(2,3)13-11-21/h6-7,9-10,18H,5,8,11-17,19H2,1-3H3,(H,30,33). The molecule has 2 heterocycles. The lowest BCUT2D eigenvalue weighted by Gasteiger charge is -2.34. The van der Waals surface area contributed by atoms with Crippen molar-refractivity contribution in [1.29, 1.82) is 0 Å². The topological polar surface area (TPSA) is 52.3 Å². The van der Waals surface area contributed by atoms with E-state index in [1.165, 1.54) is 11.1 Å². The number of rotatable bonds is 6. The second-order valence-electron chi connectivity index (χ2n) is 10.1. The summed E-state index contributed by atoms with van der Waals surface area (Å²) < 4.78 is 0. The molecule has 0 atom stereocenters. The number of carbonyl (C=O) groups is 1. The lowest BCUT2D eigenvalue weighted by Crippen LogP contribution is -2.45. The minimum atomic E-state index is -0.216. The van der Waals surface area contributed by atoms with Crippen molar-refractivity contribution in [3.8, 4) is 0 Å². The second-order valence-corrected chi connectivity index (χ2v) is 10.1. The fourth-order valence-corrected chi connectivity index (χ4v) is 4.73. The average molecular weight is 446 g/mol. The Balaban J connectivity index is 1.55. The van der Waals surface area contributed by atoms with Gasteiger partial charge in [-0.3, -0.25) is 9.69 Å². The van der Waals surface area contributed by atoms with Crippen LogP contribution in [0.25, 0.3) is 10.4 Å². The van der Waals surface area contributed by atoms with Gasteiger partial charge in [0.05, 0.1) is 0 Å². The van der Waals surface area contributed by atoms with E-state index >= 15 is 0 Å². The van der Waals surface area contributed by atoms with Crippen LogP contribution in [0.3, 0.4) is 0 Å². The molecule has 6 nitrogen and oxygen atoms in total. The number of likely N-dealkylation sites (N-methyl/N-ethyl adjacent to an activating group) is 1. The molecule has 33 heavy (non-hydrogen) atoms. The molecular weight excluding hydrogens is 410 g/mol. The summed E-state index contributed by atoms with van der Waals surface area (Å²) in [5.41, 5.74) is 5.29. The molecule has 174 valence electrons. The normalized spacial score (nSPS) is 21.1. The molecule has 0 bridgehead atoms. The van der Waals surface area contributed by atoms with Crippen LogP contribution in [0.15, 0.2) is 41.2 Å². The Morgan fingerprint density at radius 1 is 1.18 bits per heavy atom. The number of carbonyl (C=O) groups excluding carboxylic acids is 1. The van der Waals surface area contributed by atoms with Gasteiger partial charge in [-0.15, -0.1) is 4.99 Å². The van der Waals surface area contributed by atoms with Crippen LogP contribution in [0.1, 0.15) is 57.6 Å². The van der Waals surface area contributed by atoms with Gasteiger partial charge < -0.3 is 15.1 Å². The smallest absolute Gasteiger partial charge is 0.293 e. The minimum Gasteiger partial charge on any atom is -0.361 e.